The number of rotatable bonds is 6. The van der Waals surface area contributed by atoms with Gasteiger partial charge in [0, 0.05) is 29.2 Å². The molecule has 9 nitrogen and oxygen atoms in total. The molecule has 5 rings (SSSR count). The molecule has 1 saturated heterocycles. The van der Waals surface area contributed by atoms with Crippen LogP contribution in [0.4, 0.5) is 15.8 Å². The fraction of sp³-hybridized carbons (Fsp3) is 0.333. The Bertz CT molecular complexity index is 1530. The molecule has 3 aromatic rings. The molecule has 1 fully saturated rings. The Morgan fingerprint density at radius 1 is 1.31 bits per heavy atom. The van der Waals surface area contributed by atoms with Crippen LogP contribution in [0.3, 0.4) is 0 Å². The summed E-state index contributed by atoms with van der Waals surface area (Å²) in [6.45, 7) is 6.89. The summed E-state index contributed by atoms with van der Waals surface area (Å²) in [5.41, 5.74) is 1.33. The highest BCUT2D eigenvalue weighted by molar-refractivity contribution is 9.10. The maximum atomic E-state index is 15.0. The summed E-state index contributed by atoms with van der Waals surface area (Å²) < 4.78 is 20.7. The molecule has 0 radical (unpaired) electrons. The summed E-state index contributed by atoms with van der Waals surface area (Å²) in [4.78, 5) is 38.9. The van der Waals surface area contributed by atoms with E-state index in [9.17, 15) is 14.4 Å². The van der Waals surface area contributed by atoms with Crippen molar-refractivity contribution in [2.75, 3.05) is 24.3 Å². The third-order valence-corrected chi connectivity index (χ3v) is 8.10. The summed E-state index contributed by atoms with van der Waals surface area (Å²) in [6, 6.07) is 10.9. The number of aromatic carboxylic acids is 1. The van der Waals surface area contributed by atoms with Gasteiger partial charge in [0.15, 0.2) is 0 Å². The predicted molar refractivity (Wildman–Crippen MR) is 162 cm³/mol. The van der Waals surface area contributed by atoms with E-state index in [1.54, 1.807) is 18.3 Å². The van der Waals surface area contributed by atoms with Gasteiger partial charge >= 0.3 is 5.97 Å². The fourth-order valence-electron chi connectivity index (χ4n) is 5.67. The van der Waals surface area contributed by atoms with E-state index >= 15 is 4.39 Å². The molecule has 2 aliphatic rings. The maximum Gasteiger partial charge on any atom is 0.335 e. The fourth-order valence-corrected chi connectivity index (χ4v) is 6.18. The number of carbonyl (C=O) groups excluding carboxylic acids is 2. The smallest absolute Gasteiger partial charge is 0.335 e. The number of halogens is 3. The number of ether oxygens (including phenoxy) is 1. The average Bonchev–Trinajstić information content (AvgIpc) is 3.42. The second-order valence-corrected chi connectivity index (χ2v) is 12.6. The highest BCUT2D eigenvalue weighted by Gasteiger charge is 2.62. The number of carboxylic acids is 1. The number of amides is 2. The van der Waals surface area contributed by atoms with Gasteiger partial charge in [-0.2, -0.15) is 0 Å². The number of nitrogens with one attached hydrogen (secondary N) is 3. The number of carbonyl (C=O) groups is 3. The zero-order valence-electron chi connectivity index (χ0n) is 23.4. The lowest BCUT2D eigenvalue weighted by Gasteiger charge is -2.36. The largest absolute Gasteiger partial charge is 0.495 e. The van der Waals surface area contributed by atoms with E-state index in [4.69, 9.17) is 21.4 Å². The van der Waals surface area contributed by atoms with Gasteiger partial charge in [-0.1, -0.05) is 44.5 Å². The lowest BCUT2D eigenvalue weighted by Crippen LogP contribution is -2.50. The van der Waals surface area contributed by atoms with Gasteiger partial charge in [-0.15, -0.1) is 0 Å². The maximum absolute atomic E-state index is 15.0. The number of nitrogens with zero attached hydrogens (tertiary/aromatic N) is 1. The number of hydrogen-bond donors (Lipinski definition) is 4. The molecule has 12 heteroatoms. The lowest BCUT2D eigenvalue weighted by molar-refractivity contribution is -0.122. The first-order chi connectivity index (χ1) is 19.8. The Labute approximate surface area is 256 Å². The van der Waals surface area contributed by atoms with Crippen molar-refractivity contribution in [3.63, 3.8) is 0 Å². The molecule has 2 unspecified atom stereocenters. The van der Waals surface area contributed by atoms with Crippen molar-refractivity contribution in [2.24, 2.45) is 5.41 Å². The van der Waals surface area contributed by atoms with Gasteiger partial charge in [0.05, 0.1) is 34.8 Å². The zero-order valence-corrected chi connectivity index (χ0v) is 25.8. The minimum atomic E-state index is -1.04. The number of anilines is 2. The molecule has 0 saturated carbocycles. The molecule has 1 aromatic heterocycles. The van der Waals surface area contributed by atoms with Crippen molar-refractivity contribution in [1.82, 2.24) is 10.3 Å². The molecule has 3 atom stereocenters. The molecule has 222 valence electrons. The molecule has 1 spiro atoms. The lowest BCUT2D eigenvalue weighted by atomic mass is 9.65. The van der Waals surface area contributed by atoms with Gasteiger partial charge in [-0.3, -0.25) is 14.6 Å². The van der Waals surface area contributed by atoms with Gasteiger partial charge in [0.2, 0.25) is 12.3 Å². The Hall–Kier alpha value is -3.54. The van der Waals surface area contributed by atoms with Crippen LogP contribution in [0.2, 0.25) is 5.02 Å². The highest BCUT2D eigenvalue weighted by Crippen LogP contribution is 2.54. The van der Waals surface area contributed by atoms with Crippen LogP contribution in [-0.4, -0.2) is 48.1 Å². The first-order valence-electron chi connectivity index (χ1n) is 13.1. The molecule has 0 aliphatic carbocycles. The molecule has 42 heavy (non-hydrogen) atoms. The van der Waals surface area contributed by atoms with E-state index in [0.29, 0.717) is 41.3 Å². The number of fused-ring (bicyclic) bond motifs is 2. The predicted octanol–water partition coefficient (Wildman–Crippen LogP) is 5.98. The number of aromatic nitrogens is 1. The van der Waals surface area contributed by atoms with Crippen LogP contribution < -0.4 is 20.7 Å². The normalized spacial score (nSPS) is 20.8. The SMILES string of the molecule is CC(C)(C)CC1NCC(c2cccc(Cl)c2F)[C@]12C(=O)Nc1cc(Br)cnc12.COc1cc(C(=O)O)ccc1NC=O. The number of carboxylic acid groups (broad SMARTS) is 1. The van der Waals surface area contributed by atoms with Crippen LogP contribution in [0.15, 0.2) is 53.1 Å². The standard InChI is InChI=1S/C21H22BrClFN3O.C9H9NO4/c1-20(2,3)8-16-21(18-15(27-19(21)28)7-11(22)9-26-18)13(10-25-16)12-5-4-6-14(23)17(12)24;1-14-8-4-6(9(12)13)2-3-7(8)10-5-11/h4-7,9,13,16,25H,8,10H2,1-3H3,(H,27,28);2-5H,1H3,(H,10,11)(H,12,13)/t13?,16?,21-;/m0./s1. The van der Waals surface area contributed by atoms with Crippen LogP contribution in [0, 0.1) is 11.2 Å². The van der Waals surface area contributed by atoms with E-state index in [1.165, 1.54) is 31.4 Å². The Kier molecular flexibility index (Phi) is 9.24. The van der Waals surface area contributed by atoms with Crippen LogP contribution in [0.5, 0.6) is 5.75 Å². The monoisotopic (exact) mass is 660 g/mol. The molecule has 2 aromatic carbocycles. The van der Waals surface area contributed by atoms with Crippen molar-refractivity contribution >= 4 is 57.2 Å². The summed E-state index contributed by atoms with van der Waals surface area (Å²) in [6.07, 6.45) is 2.94. The van der Waals surface area contributed by atoms with Crippen molar-refractivity contribution < 1.29 is 28.6 Å². The van der Waals surface area contributed by atoms with Crippen molar-refractivity contribution in [3.8, 4) is 5.75 Å². The first-order valence-corrected chi connectivity index (χ1v) is 14.3. The van der Waals surface area contributed by atoms with E-state index in [1.807, 2.05) is 6.07 Å². The van der Waals surface area contributed by atoms with Crippen molar-refractivity contribution in [2.45, 2.75) is 44.6 Å². The summed E-state index contributed by atoms with van der Waals surface area (Å²) >= 11 is 9.49. The molecular formula is C30H31BrClFN4O5. The summed E-state index contributed by atoms with van der Waals surface area (Å²) in [5, 5.41) is 17.6. The van der Waals surface area contributed by atoms with E-state index in [2.05, 4.69) is 57.6 Å². The van der Waals surface area contributed by atoms with Gasteiger partial charge in [-0.05, 0) is 63.7 Å². The molecule has 0 bridgehead atoms. The molecule has 2 amide bonds. The average molecular weight is 662 g/mol. The van der Waals surface area contributed by atoms with Crippen LogP contribution in [0.25, 0.3) is 0 Å². The third-order valence-electron chi connectivity index (χ3n) is 7.37. The van der Waals surface area contributed by atoms with E-state index in [-0.39, 0.29) is 28.0 Å². The molecule has 3 heterocycles. The molecular weight excluding hydrogens is 631 g/mol. The number of pyridine rings is 1. The summed E-state index contributed by atoms with van der Waals surface area (Å²) in [5.74, 6) is -1.74. The van der Waals surface area contributed by atoms with E-state index < -0.39 is 23.1 Å². The van der Waals surface area contributed by atoms with Crippen molar-refractivity contribution in [3.05, 3.63) is 80.8 Å². The number of hydrogen-bond acceptors (Lipinski definition) is 6. The number of benzene rings is 2. The topological polar surface area (TPSA) is 130 Å². The summed E-state index contributed by atoms with van der Waals surface area (Å²) in [7, 11) is 1.40. The van der Waals surface area contributed by atoms with Crippen LogP contribution in [0.1, 0.15) is 54.7 Å². The second kappa shape index (κ2) is 12.4. The van der Waals surface area contributed by atoms with Gasteiger partial charge < -0.3 is 25.8 Å². The third kappa shape index (κ3) is 5.99. The zero-order chi connectivity index (χ0) is 30.8. The van der Waals surface area contributed by atoms with Crippen molar-refractivity contribution in [1.29, 1.82) is 0 Å². The van der Waals surface area contributed by atoms with Gasteiger partial charge in [-0.25, -0.2) is 9.18 Å². The minimum Gasteiger partial charge on any atom is -0.495 e. The molecule has 4 N–H and O–H groups in total. The van der Waals surface area contributed by atoms with Gasteiger partial charge in [0.1, 0.15) is 17.0 Å². The Morgan fingerprint density at radius 2 is 2.05 bits per heavy atom. The van der Waals surface area contributed by atoms with Crippen LogP contribution in [-0.2, 0) is 15.0 Å². The minimum absolute atomic E-state index is 0.0230. The Balaban J connectivity index is 0.000000244. The quantitative estimate of drug-likeness (QED) is 0.239. The number of methoxy groups -OCH3 is 1. The second-order valence-electron chi connectivity index (χ2n) is 11.3. The van der Waals surface area contributed by atoms with E-state index in [0.717, 1.165) is 10.9 Å². The Morgan fingerprint density at radius 3 is 2.69 bits per heavy atom. The van der Waals surface area contributed by atoms with Crippen LogP contribution >= 0.6 is 27.5 Å². The molecule has 2 aliphatic heterocycles. The first kappa shape index (κ1) is 31.4. The highest BCUT2D eigenvalue weighted by atomic mass is 79.9. The van der Waals surface area contributed by atoms with Gasteiger partial charge in [0.25, 0.3) is 0 Å².